The van der Waals surface area contributed by atoms with Gasteiger partial charge in [-0.1, -0.05) is 50.1 Å². The Bertz CT molecular complexity index is 1180. The molecular weight excluding hydrogens is 577 g/mol. The van der Waals surface area contributed by atoms with E-state index in [-0.39, 0.29) is 44.8 Å². The van der Waals surface area contributed by atoms with Gasteiger partial charge in [0.15, 0.2) is 0 Å². The number of halogens is 3. The number of carbonyl (C=O) groups excluding carboxylic acids is 3. The summed E-state index contributed by atoms with van der Waals surface area (Å²) in [5.74, 6) is -3.46. The molecule has 2 saturated carbocycles. The summed E-state index contributed by atoms with van der Waals surface area (Å²) in [5.41, 5.74) is -0.0298. The molecule has 5 rings (SSSR count). The lowest BCUT2D eigenvalue weighted by atomic mass is 9.81. The molecule has 2 bridgehead atoms. The van der Waals surface area contributed by atoms with E-state index in [1.54, 1.807) is 6.07 Å². The van der Waals surface area contributed by atoms with Crippen molar-refractivity contribution in [2.24, 2.45) is 23.7 Å². The SMILES string of the molecule is O=C(c1ccc([N+](=O)[O-])cc1)N(Cc1ccccc1F)N1C(=O)[C@@H]2[C@H]3C[C@@H]([C@H](Br)[C@H]3Br)[C@H]2C1=O. The van der Waals surface area contributed by atoms with Crippen molar-refractivity contribution in [3.05, 3.63) is 75.6 Å². The number of nitro groups is 1. The maximum Gasteiger partial charge on any atom is 0.273 e. The second-order valence-electron chi connectivity index (χ2n) is 8.75. The molecule has 3 amide bonds. The van der Waals surface area contributed by atoms with E-state index in [1.165, 1.54) is 42.5 Å². The molecule has 0 N–H and O–H groups in total. The highest BCUT2D eigenvalue weighted by Crippen LogP contribution is 2.60. The molecule has 0 unspecified atom stereocenters. The van der Waals surface area contributed by atoms with Crippen LogP contribution in [0.5, 0.6) is 0 Å². The van der Waals surface area contributed by atoms with Crippen molar-refractivity contribution < 1.29 is 23.7 Å². The minimum Gasteiger partial charge on any atom is -0.272 e. The number of nitrogens with zero attached hydrogens (tertiary/aromatic N) is 3. The highest BCUT2D eigenvalue weighted by molar-refractivity contribution is 9.12. The Morgan fingerprint density at radius 2 is 1.59 bits per heavy atom. The van der Waals surface area contributed by atoms with E-state index >= 15 is 0 Å². The molecule has 2 aliphatic carbocycles. The first kappa shape index (κ1) is 23.1. The molecule has 6 atom stereocenters. The van der Waals surface area contributed by atoms with E-state index in [0.29, 0.717) is 0 Å². The number of hydrogen-bond donors (Lipinski definition) is 0. The fourth-order valence-corrected chi connectivity index (χ4v) is 7.34. The maximum absolute atomic E-state index is 14.5. The molecule has 2 aromatic rings. The molecule has 1 saturated heterocycles. The number of nitro benzene ring substituents is 1. The van der Waals surface area contributed by atoms with E-state index in [9.17, 15) is 28.9 Å². The van der Waals surface area contributed by atoms with Crippen LogP contribution in [-0.2, 0) is 16.1 Å². The smallest absolute Gasteiger partial charge is 0.272 e. The van der Waals surface area contributed by atoms with E-state index in [2.05, 4.69) is 31.9 Å². The van der Waals surface area contributed by atoms with E-state index in [0.717, 1.165) is 16.4 Å². The summed E-state index contributed by atoms with van der Waals surface area (Å²) < 4.78 is 14.5. The molecule has 34 heavy (non-hydrogen) atoms. The van der Waals surface area contributed by atoms with Crippen molar-refractivity contribution in [2.75, 3.05) is 0 Å². The van der Waals surface area contributed by atoms with Crippen molar-refractivity contribution in [2.45, 2.75) is 22.6 Å². The zero-order valence-electron chi connectivity index (χ0n) is 17.5. The van der Waals surface area contributed by atoms with Gasteiger partial charge in [-0.05, 0) is 36.5 Å². The van der Waals surface area contributed by atoms with Gasteiger partial charge in [0.05, 0.1) is 23.3 Å². The minimum absolute atomic E-state index is 0.0286. The average molecular weight is 595 g/mol. The number of fused-ring (bicyclic) bond motifs is 5. The molecule has 176 valence electrons. The van der Waals surface area contributed by atoms with Crippen molar-refractivity contribution in [1.82, 2.24) is 10.0 Å². The lowest BCUT2D eigenvalue weighted by Crippen LogP contribution is -2.50. The summed E-state index contributed by atoms with van der Waals surface area (Å²) in [6.07, 6.45) is 0.732. The summed E-state index contributed by atoms with van der Waals surface area (Å²) in [6, 6.07) is 10.7. The average Bonchev–Trinajstić information content (AvgIpc) is 3.43. The van der Waals surface area contributed by atoms with Gasteiger partial charge in [0, 0.05) is 32.9 Å². The molecule has 0 aromatic heterocycles. The third-order valence-corrected chi connectivity index (χ3v) is 10.2. The lowest BCUT2D eigenvalue weighted by molar-refractivity contribution is -0.384. The van der Waals surface area contributed by atoms with Crippen molar-refractivity contribution in [3.8, 4) is 0 Å². The molecule has 11 heteroatoms. The first-order valence-corrected chi connectivity index (χ1v) is 12.5. The van der Waals surface area contributed by atoms with Crippen LogP contribution < -0.4 is 0 Å². The second-order valence-corrected chi connectivity index (χ2v) is 10.9. The fourth-order valence-electron chi connectivity index (χ4n) is 5.47. The maximum atomic E-state index is 14.5. The van der Waals surface area contributed by atoms with Crippen LogP contribution in [0.1, 0.15) is 22.3 Å². The summed E-state index contributed by atoms with van der Waals surface area (Å²) in [4.78, 5) is 51.0. The van der Waals surface area contributed by atoms with Crippen LogP contribution in [-0.4, -0.2) is 42.3 Å². The molecule has 3 fully saturated rings. The fraction of sp³-hybridized carbons (Fsp3) is 0.348. The molecule has 0 spiro atoms. The van der Waals surface area contributed by atoms with Crippen molar-refractivity contribution >= 4 is 55.3 Å². The highest BCUT2D eigenvalue weighted by Gasteiger charge is 2.67. The largest absolute Gasteiger partial charge is 0.273 e. The van der Waals surface area contributed by atoms with Crippen LogP contribution in [0.2, 0.25) is 0 Å². The molecule has 1 heterocycles. The van der Waals surface area contributed by atoms with Crippen LogP contribution >= 0.6 is 31.9 Å². The van der Waals surface area contributed by atoms with Gasteiger partial charge in [0.25, 0.3) is 23.4 Å². The van der Waals surface area contributed by atoms with Crippen LogP contribution in [0.4, 0.5) is 10.1 Å². The Morgan fingerprint density at radius 3 is 2.12 bits per heavy atom. The summed E-state index contributed by atoms with van der Waals surface area (Å²) in [7, 11) is 0. The number of benzene rings is 2. The van der Waals surface area contributed by atoms with Gasteiger partial charge in [0.1, 0.15) is 5.82 Å². The first-order chi connectivity index (χ1) is 16.2. The quantitative estimate of drug-likeness (QED) is 0.225. The summed E-state index contributed by atoms with van der Waals surface area (Å²) in [6.45, 7) is -0.343. The van der Waals surface area contributed by atoms with Crippen LogP contribution in [0.15, 0.2) is 48.5 Å². The molecule has 0 radical (unpaired) electrons. The standard InChI is InChI=1S/C23H18Br2FN3O5/c24-19-14-9-15(20(19)25)18-17(14)22(31)28(23(18)32)27(10-12-3-1-2-4-16(12)26)21(30)11-5-7-13(8-6-11)29(33)34/h1-8,14-15,17-20H,9-10H2/t14-,15-,17-,18-,19+,20+/m1/s1. The minimum atomic E-state index is -0.724. The zero-order valence-corrected chi connectivity index (χ0v) is 20.7. The molecule has 3 aliphatic rings. The number of alkyl halides is 2. The Labute approximate surface area is 210 Å². The molecule has 2 aromatic carbocycles. The van der Waals surface area contributed by atoms with Gasteiger partial charge in [-0.2, -0.15) is 5.01 Å². The number of carbonyl (C=O) groups is 3. The third-order valence-electron chi connectivity index (χ3n) is 7.04. The van der Waals surface area contributed by atoms with Gasteiger partial charge in [-0.25, -0.2) is 9.40 Å². The lowest BCUT2D eigenvalue weighted by Gasteiger charge is -2.31. The molecule has 8 nitrogen and oxygen atoms in total. The van der Waals surface area contributed by atoms with Gasteiger partial charge in [-0.15, -0.1) is 0 Å². The van der Waals surface area contributed by atoms with E-state index in [1.807, 2.05) is 0 Å². The monoisotopic (exact) mass is 593 g/mol. The Hall–Kier alpha value is -2.66. The Balaban J connectivity index is 1.53. The number of hydrogen-bond acceptors (Lipinski definition) is 5. The molecular formula is C23H18Br2FN3O5. The highest BCUT2D eigenvalue weighted by atomic mass is 79.9. The Kier molecular flexibility index (Phi) is 5.79. The van der Waals surface area contributed by atoms with Gasteiger partial charge in [0.2, 0.25) is 0 Å². The number of hydrazine groups is 1. The van der Waals surface area contributed by atoms with Crippen molar-refractivity contribution in [3.63, 3.8) is 0 Å². The summed E-state index contributed by atoms with van der Waals surface area (Å²) >= 11 is 7.27. The van der Waals surface area contributed by atoms with Gasteiger partial charge >= 0.3 is 0 Å². The normalized spacial score (nSPS) is 29.4. The summed E-state index contributed by atoms with van der Waals surface area (Å²) in [5, 5.41) is 12.8. The third kappa shape index (κ3) is 3.48. The number of non-ortho nitro benzene ring substituents is 1. The second kappa shape index (κ2) is 8.53. The molecule has 1 aliphatic heterocycles. The van der Waals surface area contributed by atoms with Crippen LogP contribution in [0.25, 0.3) is 0 Å². The van der Waals surface area contributed by atoms with Gasteiger partial charge in [-0.3, -0.25) is 24.5 Å². The topological polar surface area (TPSA) is 101 Å². The van der Waals surface area contributed by atoms with Gasteiger partial charge < -0.3 is 0 Å². The van der Waals surface area contributed by atoms with E-state index < -0.39 is 40.3 Å². The Morgan fingerprint density at radius 1 is 1.03 bits per heavy atom. The first-order valence-electron chi connectivity index (χ1n) is 10.7. The van der Waals surface area contributed by atoms with Crippen LogP contribution in [0, 0.1) is 39.6 Å². The van der Waals surface area contributed by atoms with Crippen molar-refractivity contribution in [1.29, 1.82) is 0 Å². The van der Waals surface area contributed by atoms with Crippen LogP contribution in [0.3, 0.4) is 0 Å². The number of amides is 3. The zero-order chi connectivity index (χ0) is 24.3. The number of rotatable bonds is 5. The predicted octanol–water partition coefficient (Wildman–Crippen LogP) is 4.07. The predicted molar refractivity (Wildman–Crippen MR) is 125 cm³/mol. The van der Waals surface area contributed by atoms with E-state index in [4.69, 9.17) is 0 Å². The number of imide groups is 1.